The lowest BCUT2D eigenvalue weighted by molar-refractivity contribution is 0.0756. The molecule has 0 aliphatic carbocycles. The topological polar surface area (TPSA) is 77.1 Å². The van der Waals surface area contributed by atoms with Gasteiger partial charge in [0.1, 0.15) is 12.5 Å². The zero-order valence-electron chi connectivity index (χ0n) is 19.4. The highest BCUT2D eigenvalue weighted by atomic mass is 32.2. The molecule has 0 radical (unpaired) electrons. The summed E-state index contributed by atoms with van der Waals surface area (Å²) in [7, 11) is -0.591. The highest BCUT2D eigenvalue weighted by Crippen LogP contribution is 2.40. The first-order chi connectivity index (χ1) is 16.6. The Morgan fingerprint density at radius 3 is 2.32 bits per heavy atom. The Bertz CT molecular complexity index is 1200. The molecule has 0 fully saturated rings. The Hall–Kier alpha value is -2.91. The van der Waals surface area contributed by atoms with Gasteiger partial charge in [0, 0.05) is 13.7 Å². The smallest absolute Gasteiger partial charge is 0.266 e. The van der Waals surface area contributed by atoms with Crippen molar-refractivity contribution in [2.24, 2.45) is 0 Å². The summed E-state index contributed by atoms with van der Waals surface area (Å²) in [6, 6.07) is 22.4. The molecule has 1 heterocycles. The van der Waals surface area contributed by atoms with Gasteiger partial charge >= 0.3 is 0 Å². The fourth-order valence-electron chi connectivity index (χ4n) is 4.13. The molecule has 3 aromatic rings. The van der Waals surface area contributed by atoms with Gasteiger partial charge in [0.25, 0.3) is 10.0 Å². The molecule has 1 atom stereocenters. The maximum atomic E-state index is 13.7. The van der Waals surface area contributed by atoms with Gasteiger partial charge in [0.15, 0.2) is 0 Å². The van der Waals surface area contributed by atoms with Gasteiger partial charge in [0.2, 0.25) is 0 Å². The summed E-state index contributed by atoms with van der Waals surface area (Å²) in [5, 5.41) is 3.60. The van der Waals surface area contributed by atoms with Gasteiger partial charge in [0.05, 0.1) is 36.9 Å². The van der Waals surface area contributed by atoms with Crippen molar-refractivity contribution in [2.45, 2.75) is 17.4 Å². The lowest BCUT2D eigenvalue weighted by Crippen LogP contribution is -2.33. The fraction of sp³-hybridized carbons (Fsp3) is 0.308. The summed E-state index contributed by atoms with van der Waals surface area (Å²) in [4.78, 5) is 0.281. The van der Waals surface area contributed by atoms with Crippen molar-refractivity contribution in [3.8, 4) is 5.75 Å². The number of nitrogens with zero attached hydrogens (tertiary/aromatic N) is 1. The van der Waals surface area contributed by atoms with Crippen LogP contribution in [0.15, 0.2) is 77.7 Å². The Morgan fingerprint density at radius 2 is 1.59 bits per heavy atom. The van der Waals surface area contributed by atoms with Gasteiger partial charge in [-0.25, -0.2) is 12.7 Å². The SMILES string of the molecule is COCCOCN1c2ccccc2C(NCCc2ccc(OC)cc2)c2ccccc2S1(=O)=O. The molecule has 8 heteroatoms. The normalized spacial score (nSPS) is 16.4. The number of rotatable bonds is 10. The largest absolute Gasteiger partial charge is 0.497 e. The van der Waals surface area contributed by atoms with Crippen molar-refractivity contribution >= 4 is 15.7 Å². The predicted octanol–water partition coefficient (Wildman–Crippen LogP) is 3.75. The average molecular weight is 483 g/mol. The van der Waals surface area contributed by atoms with Crippen LogP contribution in [0, 0.1) is 0 Å². The molecule has 1 aliphatic heterocycles. The lowest BCUT2D eigenvalue weighted by Gasteiger charge is -2.25. The number of fused-ring (bicyclic) bond motifs is 2. The molecule has 3 aromatic carbocycles. The van der Waals surface area contributed by atoms with Crippen molar-refractivity contribution in [3.05, 3.63) is 89.5 Å². The Labute approximate surface area is 201 Å². The third kappa shape index (κ3) is 5.10. The molecule has 1 aliphatic rings. The molecule has 180 valence electrons. The summed E-state index contributed by atoms with van der Waals surface area (Å²) in [6.45, 7) is 1.27. The molecule has 7 nitrogen and oxygen atoms in total. The maximum Gasteiger partial charge on any atom is 0.266 e. The number of ether oxygens (including phenoxy) is 3. The minimum absolute atomic E-state index is 0.0877. The lowest BCUT2D eigenvalue weighted by atomic mass is 9.96. The van der Waals surface area contributed by atoms with E-state index in [2.05, 4.69) is 5.32 Å². The maximum absolute atomic E-state index is 13.7. The van der Waals surface area contributed by atoms with Crippen LogP contribution in [-0.4, -0.2) is 49.1 Å². The number of hydrogen-bond donors (Lipinski definition) is 1. The van der Waals surface area contributed by atoms with E-state index in [4.69, 9.17) is 14.2 Å². The first kappa shape index (κ1) is 24.2. The number of benzene rings is 3. The molecule has 0 saturated carbocycles. The van der Waals surface area contributed by atoms with E-state index in [0.717, 1.165) is 23.3 Å². The summed E-state index contributed by atoms with van der Waals surface area (Å²) in [5.74, 6) is 0.821. The predicted molar refractivity (Wildman–Crippen MR) is 132 cm³/mol. The molecule has 0 amide bonds. The zero-order chi connectivity index (χ0) is 24.0. The summed E-state index contributed by atoms with van der Waals surface area (Å²) < 4.78 is 44.7. The third-order valence-electron chi connectivity index (χ3n) is 5.88. The zero-order valence-corrected chi connectivity index (χ0v) is 20.3. The second kappa shape index (κ2) is 11.0. The molecule has 0 aromatic heterocycles. The van der Waals surface area contributed by atoms with Gasteiger partial charge in [-0.05, 0) is 47.4 Å². The van der Waals surface area contributed by atoms with E-state index >= 15 is 0 Å². The molecule has 34 heavy (non-hydrogen) atoms. The van der Waals surface area contributed by atoms with E-state index in [1.807, 2.05) is 60.7 Å². The first-order valence-electron chi connectivity index (χ1n) is 11.2. The molecule has 1 N–H and O–H groups in total. The van der Waals surface area contributed by atoms with E-state index in [0.29, 0.717) is 25.4 Å². The van der Waals surface area contributed by atoms with Crippen LogP contribution in [0.1, 0.15) is 22.7 Å². The third-order valence-corrected chi connectivity index (χ3v) is 7.69. The Morgan fingerprint density at radius 1 is 0.882 bits per heavy atom. The molecule has 0 spiro atoms. The molecule has 4 rings (SSSR count). The van der Waals surface area contributed by atoms with Crippen molar-refractivity contribution in [1.29, 1.82) is 0 Å². The van der Waals surface area contributed by atoms with Crippen LogP contribution in [0.4, 0.5) is 5.69 Å². The summed E-state index contributed by atoms with van der Waals surface area (Å²) in [5.41, 5.74) is 3.40. The summed E-state index contributed by atoms with van der Waals surface area (Å²) in [6.07, 6.45) is 0.793. The quantitative estimate of drug-likeness (QED) is 0.444. The van der Waals surface area contributed by atoms with Crippen LogP contribution in [0.3, 0.4) is 0 Å². The highest BCUT2D eigenvalue weighted by molar-refractivity contribution is 7.92. The van der Waals surface area contributed by atoms with Crippen LogP contribution < -0.4 is 14.4 Å². The molecule has 0 bridgehead atoms. The first-order valence-corrected chi connectivity index (χ1v) is 12.6. The van der Waals surface area contributed by atoms with Crippen molar-refractivity contribution in [2.75, 3.05) is 45.0 Å². The Balaban J connectivity index is 1.66. The van der Waals surface area contributed by atoms with Crippen LogP contribution >= 0.6 is 0 Å². The van der Waals surface area contributed by atoms with Crippen LogP contribution in [0.5, 0.6) is 5.75 Å². The van der Waals surface area contributed by atoms with Crippen molar-refractivity contribution < 1.29 is 22.6 Å². The van der Waals surface area contributed by atoms with Crippen molar-refractivity contribution in [3.63, 3.8) is 0 Å². The van der Waals surface area contributed by atoms with Gasteiger partial charge in [-0.2, -0.15) is 0 Å². The number of para-hydroxylation sites is 1. The van der Waals surface area contributed by atoms with E-state index in [-0.39, 0.29) is 17.7 Å². The highest BCUT2D eigenvalue weighted by Gasteiger charge is 2.36. The van der Waals surface area contributed by atoms with Gasteiger partial charge in [-0.3, -0.25) is 0 Å². The number of hydrogen-bond acceptors (Lipinski definition) is 6. The number of sulfonamides is 1. The minimum Gasteiger partial charge on any atom is -0.497 e. The molecular formula is C26H30N2O5S. The second-order valence-electron chi connectivity index (χ2n) is 7.97. The average Bonchev–Trinajstić information content (AvgIpc) is 2.94. The van der Waals surface area contributed by atoms with Crippen LogP contribution in [-0.2, 0) is 25.9 Å². The fourth-order valence-corrected chi connectivity index (χ4v) is 5.74. The van der Waals surface area contributed by atoms with E-state index < -0.39 is 10.0 Å². The van der Waals surface area contributed by atoms with Gasteiger partial charge in [-0.1, -0.05) is 48.5 Å². The summed E-state index contributed by atoms with van der Waals surface area (Å²) >= 11 is 0. The van der Waals surface area contributed by atoms with Gasteiger partial charge in [-0.15, -0.1) is 0 Å². The molecule has 0 saturated heterocycles. The monoisotopic (exact) mass is 482 g/mol. The number of anilines is 1. The molecule has 1 unspecified atom stereocenters. The molecular weight excluding hydrogens is 452 g/mol. The number of methoxy groups -OCH3 is 2. The van der Waals surface area contributed by atoms with E-state index in [9.17, 15) is 8.42 Å². The standard InChI is InChI=1S/C26H30N2O5S/c1-31-17-18-33-19-28-24-9-5-3-7-22(24)26(23-8-4-6-10-25(23)34(28,29)30)27-16-15-20-11-13-21(32-2)14-12-20/h3-14,26-27H,15-19H2,1-2H3. The van der Waals surface area contributed by atoms with Crippen LogP contribution in [0.25, 0.3) is 0 Å². The number of nitrogens with one attached hydrogen (secondary N) is 1. The van der Waals surface area contributed by atoms with E-state index in [1.54, 1.807) is 26.4 Å². The van der Waals surface area contributed by atoms with E-state index in [1.165, 1.54) is 9.87 Å². The van der Waals surface area contributed by atoms with Gasteiger partial charge < -0.3 is 19.5 Å². The van der Waals surface area contributed by atoms with Crippen LogP contribution in [0.2, 0.25) is 0 Å². The second-order valence-corrected chi connectivity index (χ2v) is 9.80. The Kier molecular flexibility index (Phi) is 7.84. The minimum atomic E-state index is -3.82. The van der Waals surface area contributed by atoms with Crippen molar-refractivity contribution in [1.82, 2.24) is 5.32 Å².